The third kappa shape index (κ3) is 4.64. The number of ether oxygens (including phenoxy) is 1. The van der Waals surface area contributed by atoms with Crippen LogP contribution >= 0.6 is 0 Å². The Morgan fingerprint density at radius 2 is 1.00 bits per heavy atom. The van der Waals surface area contributed by atoms with Gasteiger partial charge in [-0.2, -0.15) is 0 Å². The van der Waals surface area contributed by atoms with Crippen molar-refractivity contribution in [3.63, 3.8) is 0 Å². The standard InChI is InChI=1S/C59H36N2O2/c1-2-15-37(16-3-1)61-51-25-10-5-18-41(51)42-31-29-39(36-53(42)61)60(38-30-34-55-46(35-38)43-19-6-11-26-54(43)62-55)52-33-32-44-40-17-4-7-21-47(40)59(50-24-14-20-45(52)58(44)50)48-22-8-12-27-56(48)63-57-28-13-9-23-49(57)59/h1-36H. The number of para-hydroxylation sites is 5. The summed E-state index contributed by atoms with van der Waals surface area (Å²) >= 11 is 0. The molecular weight excluding hydrogens is 769 g/mol. The summed E-state index contributed by atoms with van der Waals surface area (Å²) in [5.74, 6) is 1.76. The Balaban J connectivity index is 1.10. The molecule has 1 aliphatic carbocycles. The molecule has 12 aromatic rings. The molecule has 0 amide bonds. The number of hydrogen-bond acceptors (Lipinski definition) is 3. The van der Waals surface area contributed by atoms with E-state index in [0.717, 1.165) is 72.8 Å². The predicted octanol–water partition coefficient (Wildman–Crippen LogP) is 15.8. The molecule has 0 N–H and O–H groups in total. The quantitative estimate of drug-likeness (QED) is 0.178. The zero-order valence-corrected chi connectivity index (χ0v) is 34.0. The fraction of sp³-hybridized carbons (Fsp3) is 0.0169. The van der Waals surface area contributed by atoms with Gasteiger partial charge in [0.25, 0.3) is 0 Å². The molecule has 0 fully saturated rings. The maximum Gasteiger partial charge on any atom is 0.135 e. The van der Waals surface area contributed by atoms with E-state index in [4.69, 9.17) is 9.15 Å². The summed E-state index contributed by atoms with van der Waals surface area (Å²) in [4.78, 5) is 2.45. The molecule has 2 aliphatic rings. The van der Waals surface area contributed by atoms with E-state index in [1.54, 1.807) is 0 Å². The Labute approximate surface area is 363 Å². The van der Waals surface area contributed by atoms with Crippen LogP contribution in [0.25, 0.3) is 71.3 Å². The highest BCUT2D eigenvalue weighted by Crippen LogP contribution is 2.62. The normalized spacial score (nSPS) is 13.3. The van der Waals surface area contributed by atoms with Gasteiger partial charge in [-0.15, -0.1) is 0 Å². The topological polar surface area (TPSA) is 30.5 Å². The first-order chi connectivity index (χ1) is 31.3. The van der Waals surface area contributed by atoms with E-state index in [1.165, 1.54) is 49.3 Å². The van der Waals surface area contributed by atoms with E-state index in [9.17, 15) is 0 Å². The molecule has 2 aromatic heterocycles. The van der Waals surface area contributed by atoms with Gasteiger partial charge in [-0.05, 0) is 100 Å². The lowest BCUT2D eigenvalue weighted by Gasteiger charge is -2.45. The molecule has 4 heteroatoms. The zero-order valence-electron chi connectivity index (χ0n) is 34.0. The monoisotopic (exact) mass is 804 g/mol. The molecule has 4 nitrogen and oxygen atoms in total. The minimum absolute atomic E-state index is 0.623. The second-order valence-corrected chi connectivity index (χ2v) is 16.8. The molecule has 1 spiro atoms. The number of nitrogens with zero attached hydrogens (tertiary/aromatic N) is 2. The van der Waals surface area contributed by atoms with Gasteiger partial charge in [-0.25, -0.2) is 0 Å². The summed E-state index contributed by atoms with van der Waals surface area (Å²) in [6.45, 7) is 0. The van der Waals surface area contributed by atoms with Crippen LogP contribution in [0, 0.1) is 0 Å². The van der Waals surface area contributed by atoms with E-state index in [0.29, 0.717) is 0 Å². The SMILES string of the molecule is c1ccc(-n2c3ccccc3c3ccc(N(c4ccc5oc6ccccc6c5c4)c4ccc5c6c(cccc46)C4(c6ccccc6Oc6ccccc64)c4ccccc4-5)cc32)cc1. The van der Waals surface area contributed by atoms with Crippen molar-refractivity contribution in [3.8, 4) is 28.3 Å². The fourth-order valence-corrected chi connectivity index (χ4v) is 11.1. The molecule has 0 saturated carbocycles. The molecule has 294 valence electrons. The minimum atomic E-state index is -0.623. The van der Waals surface area contributed by atoms with E-state index in [2.05, 4.69) is 222 Å². The van der Waals surface area contributed by atoms with Crippen LogP contribution in [0.3, 0.4) is 0 Å². The van der Waals surface area contributed by atoms with Crippen LogP contribution in [0.4, 0.5) is 17.1 Å². The molecule has 0 saturated heterocycles. The van der Waals surface area contributed by atoms with Gasteiger partial charge < -0.3 is 18.6 Å². The third-order valence-electron chi connectivity index (χ3n) is 13.6. The van der Waals surface area contributed by atoms with Gasteiger partial charge in [-0.3, -0.25) is 0 Å². The Kier molecular flexibility index (Phi) is 7.01. The van der Waals surface area contributed by atoms with Crippen molar-refractivity contribution in [1.29, 1.82) is 0 Å². The van der Waals surface area contributed by atoms with Crippen molar-refractivity contribution < 1.29 is 9.15 Å². The summed E-state index contributed by atoms with van der Waals surface area (Å²) in [5.41, 5.74) is 15.0. The summed E-state index contributed by atoms with van der Waals surface area (Å²) in [6.07, 6.45) is 0. The molecule has 0 bridgehead atoms. The lowest BCUT2D eigenvalue weighted by Crippen LogP contribution is -2.36. The van der Waals surface area contributed by atoms with Crippen LogP contribution in [0.15, 0.2) is 223 Å². The average molecular weight is 805 g/mol. The second kappa shape index (κ2) is 12.8. The van der Waals surface area contributed by atoms with Crippen LogP contribution in [-0.4, -0.2) is 4.57 Å². The maximum atomic E-state index is 6.72. The number of rotatable bonds is 4. The lowest BCUT2D eigenvalue weighted by molar-refractivity contribution is 0.435. The van der Waals surface area contributed by atoms with Crippen molar-refractivity contribution >= 4 is 71.6 Å². The number of benzene rings is 10. The summed E-state index contributed by atoms with van der Waals surface area (Å²) in [7, 11) is 0. The van der Waals surface area contributed by atoms with Crippen LogP contribution in [0.1, 0.15) is 22.3 Å². The van der Waals surface area contributed by atoms with E-state index in [1.807, 2.05) is 6.07 Å². The number of hydrogen-bond donors (Lipinski definition) is 0. The molecule has 10 aromatic carbocycles. The van der Waals surface area contributed by atoms with Crippen molar-refractivity contribution in [2.45, 2.75) is 5.41 Å². The van der Waals surface area contributed by atoms with E-state index in [-0.39, 0.29) is 0 Å². The number of anilines is 3. The highest BCUT2D eigenvalue weighted by Gasteiger charge is 2.49. The summed E-state index contributed by atoms with van der Waals surface area (Å²) < 4.78 is 15.5. The maximum absolute atomic E-state index is 6.72. The number of fused-ring (bicyclic) bond motifs is 14. The van der Waals surface area contributed by atoms with Gasteiger partial charge in [0, 0.05) is 55.1 Å². The molecule has 0 atom stereocenters. The fourth-order valence-electron chi connectivity index (χ4n) is 11.1. The third-order valence-corrected chi connectivity index (χ3v) is 13.6. The molecule has 0 radical (unpaired) electrons. The van der Waals surface area contributed by atoms with E-state index >= 15 is 0 Å². The summed E-state index contributed by atoms with van der Waals surface area (Å²) in [5, 5.41) is 7.02. The molecule has 1 aliphatic heterocycles. The van der Waals surface area contributed by atoms with Crippen LogP contribution in [0.5, 0.6) is 11.5 Å². The minimum Gasteiger partial charge on any atom is -0.457 e. The smallest absolute Gasteiger partial charge is 0.135 e. The first-order valence-electron chi connectivity index (χ1n) is 21.6. The van der Waals surface area contributed by atoms with Gasteiger partial charge in [0.2, 0.25) is 0 Å². The van der Waals surface area contributed by atoms with Crippen molar-refractivity contribution in [1.82, 2.24) is 4.57 Å². The first kappa shape index (κ1) is 34.4. The summed E-state index contributed by atoms with van der Waals surface area (Å²) in [6, 6.07) is 79.1. The Morgan fingerprint density at radius 1 is 0.381 bits per heavy atom. The van der Waals surface area contributed by atoms with Gasteiger partial charge >= 0.3 is 0 Å². The molecule has 14 rings (SSSR count). The van der Waals surface area contributed by atoms with Gasteiger partial charge in [0.1, 0.15) is 22.7 Å². The Morgan fingerprint density at radius 3 is 1.84 bits per heavy atom. The van der Waals surface area contributed by atoms with Crippen LogP contribution in [0.2, 0.25) is 0 Å². The predicted molar refractivity (Wildman–Crippen MR) is 258 cm³/mol. The van der Waals surface area contributed by atoms with Crippen LogP contribution in [-0.2, 0) is 5.41 Å². The molecule has 63 heavy (non-hydrogen) atoms. The highest BCUT2D eigenvalue weighted by molar-refractivity contribution is 6.14. The Bertz CT molecular complexity index is 3810. The van der Waals surface area contributed by atoms with Gasteiger partial charge in [0.15, 0.2) is 0 Å². The molecular formula is C59H36N2O2. The van der Waals surface area contributed by atoms with Gasteiger partial charge in [0.05, 0.1) is 22.1 Å². The zero-order chi connectivity index (χ0) is 41.2. The highest BCUT2D eigenvalue weighted by atomic mass is 16.5. The second-order valence-electron chi connectivity index (χ2n) is 16.8. The lowest BCUT2D eigenvalue weighted by atomic mass is 9.58. The molecule has 0 unspecified atom stereocenters. The first-order valence-corrected chi connectivity index (χ1v) is 21.6. The number of aromatic nitrogens is 1. The van der Waals surface area contributed by atoms with Crippen molar-refractivity contribution in [2.75, 3.05) is 4.90 Å². The average Bonchev–Trinajstić information content (AvgIpc) is 3.89. The Hall–Kier alpha value is -8.34. The molecule has 3 heterocycles. The van der Waals surface area contributed by atoms with E-state index < -0.39 is 5.41 Å². The van der Waals surface area contributed by atoms with Crippen molar-refractivity contribution in [3.05, 3.63) is 241 Å². The van der Waals surface area contributed by atoms with Crippen molar-refractivity contribution in [2.24, 2.45) is 0 Å². The van der Waals surface area contributed by atoms with Gasteiger partial charge in [-0.1, -0.05) is 146 Å². The number of furan rings is 1. The van der Waals surface area contributed by atoms with Crippen LogP contribution < -0.4 is 9.64 Å². The largest absolute Gasteiger partial charge is 0.457 e.